The van der Waals surface area contributed by atoms with E-state index >= 15 is 0 Å². The molecule has 0 aliphatic heterocycles. The largest absolute Gasteiger partial charge is 0.352 e. The number of hydrogen-bond donors (Lipinski definition) is 1. The van der Waals surface area contributed by atoms with E-state index in [-0.39, 0.29) is 23.4 Å². The summed E-state index contributed by atoms with van der Waals surface area (Å²) in [5.41, 5.74) is 2.98. The molecule has 0 unspecified atom stereocenters. The van der Waals surface area contributed by atoms with Crippen LogP contribution in [0.2, 0.25) is 5.02 Å². The first-order valence-corrected chi connectivity index (χ1v) is 15.9. The van der Waals surface area contributed by atoms with Crippen molar-refractivity contribution < 1.29 is 18.0 Å². The number of halogens is 1. The van der Waals surface area contributed by atoms with Gasteiger partial charge < -0.3 is 10.2 Å². The van der Waals surface area contributed by atoms with Gasteiger partial charge in [-0.25, -0.2) is 8.42 Å². The highest BCUT2D eigenvalue weighted by atomic mass is 35.5. The fourth-order valence-electron chi connectivity index (χ4n) is 5.25. The van der Waals surface area contributed by atoms with E-state index in [1.165, 1.54) is 29.2 Å². The predicted octanol–water partition coefficient (Wildman–Crippen LogP) is 6.02. The lowest BCUT2D eigenvalue weighted by atomic mass is 9.95. The van der Waals surface area contributed by atoms with Gasteiger partial charge in [-0.15, -0.1) is 0 Å². The molecular formula is C32H38ClN3O4S. The van der Waals surface area contributed by atoms with Crippen LogP contribution in [-0.2, 0) is 26.2 Å². The summed E-state index contributed by atoms with van der Waals surface area (Å²) in [6.45, 7) is 5.17. The zero-order chi connectivity index (χ0) is 29.6. The highest BCUT2D eigenvalue weighted by molar-refractivity contribution is 7.92. The Morgan fingerprint density at radius 1 is 0.951 bits per heavy atom. The predicted molar refractivity (Wildman–Crippen MR) is 163 cm³/mol. The summed E-state index contributed by atoms with van der Waals surface area (Å²) in [6.07, 6.45) is 5.14. The van der Waals surface area contributed by atoms with Gasteiger partial charge in [-0.3, -0.25) is 13.9 Å². The number of amides is 2. The van der Waals surface area contributed by atoms with Crippen LogP contribution < -0.4 is 9.62 Å². The Bertz CT molecular complexity index is 1470. The zero-order valence-corrected chi connectivity index (χ0v) is 25.4. The number of aryl methyl sites for hydroxylation is 2. The van der Waals surface area contributed by atoms with Crippen molar-refractivity contribution >= 4 is 39.1 Å². The Morgan fingerprint density at radius 3 is 2.29 bits per heavy atom. The molecule has 3 aromatic carbocycles. The molecule has 4 rings (SSSR count). The SMILES string of the molecule is Cc1cccc(CN(C(=O)CN(c2ccccc2C)S(=O)(=O)c2ccc(Cl)cc2)[C@@H](C)C(=O)NC2CCCCC2)c1. The van der Waals surface area contributed by atoms with Crippen LogP contribution in [0.1, 0.15) is 55.7 Å². The lowest BCUT2D eigenvalue weighted by Crippen LogP contribution is -2.53. The molecule has 41 heavy (non-hydrogen) atoms. The van der Waals surface area contributed by atoms with Gasteiger partial charge >= 0.3 is 0 Å². The lowest BCUT2D eigenvalue weighted by molar-refractivity contribution is -0.139. The van der Waals surface area contributed by atoms with E-state index in [9.17, 15) is 18.0 Å². The fourth-order valence-corrected chi connectivity index (χ4v) is 6.85. The summed E-state index contributed by atoms with van der Waals surface area (Å²) < 4.78 is 29.0. The molecule has 3 aromatic rings. The summed E-state index contributed by atoms with van der Waals surface area (Å²) >= 11 is 6.02. The van der Waals surface area contributed by atoms with Crippen LogP contribution in [0, 0.1) is 13.8 Å². The first-order valence-electron chi connectivity index (χ1n) is 14.1. The van der Waals surface area contributed by atoms with Crippen molar-refractivity contribution in [2.24, 2.45) is 0 Å². The molecule has 1 saturated carbocycles. The average Bonchev–Trinajstić information content (AvgIpc) is 2.95. The minimum atomic E-state index is -4.14. The number of rotatable bonds is 10. The maximum absolute atomic E-state index is 14.1. The van der Waals surface area contributed by atoms with E-state index < -0.39 is 28.5 Å². The van der Waals surface area contributed by atoms with Crippen LogP contribution in [0.15, 0.2) is 77.7 Å². The third-order valence-corrected chi connectivity index (χ3v) is 9.64. The maximum atomic E-state index is 14.1. The van der Waals surface area contributed by atoms with Crippen molar-refractivity contribution in [3.05, 3.63) is 94.5 Å². The first-order chi connectivity index (χ1) is 19.6. The fraction of sp³-hybridized carbons (Fsp3) is 0.375. The highest BCUT2D eigenvalue weighted by Gasteiger charge is 2.33. The van der Waals surface area contributed by atoms with E-state index in [2.05, 4.69) is 5.32 Å². The Kier molecular flexibility index (Phi) is 10.1. The molecular weight excluding hydrogens is 558 g/mol. The Hall–Kier alpha value is -3.36. The van der Waals surface area contributed by atoms with E-state index in [0.29, 0.717) is 16.3 Å². The number of nitrogens with one attached hydrogen (secondary N) is 1. The van der Waals surface area contributed by atoms with E-state index in [4.69, 9.17) is 11.6 Å². The molecule has 9 heteroatoms. The number of sulfonamides is 1. The minimum absolute atomic E-state index is 0.0197. The van der Waals surface area contributed by atoms with E-state index in [1.54, 1.807) is 32.0 Å². The van der Waals surface area contributed by atoms with Crippen molar-refractivity contribution in [3.63, 3.8) is 0 Å². The van der Waals surface area contributed by atoms with Crippen molar-refractivity contribution in [2.75, 3.05) is 10.8 Å². The first kappa shape index (κ1) is 30.6. The van der Waals surface area contributed by atoms with Gasteiger partial charge in [0.2, 0.25) is 11.8 Å². The van der Waals surface area contributed by atoms with Crippen molar-refractivity contribution in [1.82, 2.24) is 10.2 Å². The number of anilines is 1. The van der Waals surface area contributed by atoms with Crippen LogP contribution >= 0.6 is 11.6 Å². The normalized spacial score (nSPS) is 14.7. The molecule has 1 aliphatic rings. The lowest BCUT2D eigenvalue weighted by Gasteiger charge is -2.33. The van der Waals surface area contributed by atoms with Gasteiger partial charge in [0.15, 0.2) is 0 Å². The number of carbonyl (C=O) groups is 2. The smallest absolute Gasteiger partial charge is 0.264 e. The Morgan fingerprint density at radius 2 is 1.63 bits per heavy atom. The van der Waals surface area contributed by atoms with Gasteiger partial charge in [-0.1, -0.05) is 78.9 Å². The van der Waals surface area contributed by atoms with Gasteiger partial charge in [0.1, 0.15) is 12.6 Å². The summed E-state index contributed by atoms with van der Waals surface area (Å²) in [7, 11) is -4.14. The molecule has 218 valence electrons. The zero-order valence-electron chi connectivity index (χ0n) is 23.8. The second kappa shape index (κ2) is 13.5. The van der Waals surface area contributed by atoms with Crippen molar-refractivity contribution in [2.45, 2.75) is 76.4 Å². The van der Waals surface area contributed by atoms with Crippen LogP contribution in [0.25, 0.3) is 0 Å². The minimum Gasteiger partial charge on any atom is -0.352 e. The molecule has 2 amide bonds. The molecule has 1 N–H and O–H groups in total. The summed E-state index contributed by atoms with van der Waals surface area (Å²) in [5.74, 6) is -0.709. The molecule has 7 nitrogen and oxygen atoms in total. The van der Waals surface area contributed by atoms with E-state index in [1.807, 2.05) is 37.3 Å². The van der Waals surface area contributed by atoms with Crippen LogP contribution in [-0.4, -0.2) is 43.8 Å². The highest BCUT2D eigenvalue weighted by Crippen LogP contribution is 2.28. The van der Waals surface area contributed by atoms with Gasteiger partial charge in [0.05, 0.1) is 10.6 Å². The van der Waals surface area contributed by atoms with Crippen LogP contribution in [0.3, 0.4) is 0 Å². The van der Waals surface area contributed by atoms with Crippen molar-refractivity contribution in [3.8, 4) is 0 Å². The summed E-state index contributed by atoms with van der Waals surface area (Å²) in [5, 5.41) is 3.54. The molecule has 0 spiro atoms. The maximum Gasteiger partial charge on any atom is 0.264 e. The third-order valence-electron chi connectivity index (χ3n) is 7.62. The second-order valence-corrected chi connectivity index (χ2v) is 13.1. The molecule has 0 heterocycles. The Balaban J connectivity index is 1.68. The number of para-hydroxylation sites is 1. The standard InChI is InChI=1S/C32H38ClN3O4S/c1-23-10-9-12-26(20-23)21-35(25(3)32(38)34-28-13-5-4-6-14-28)31(37)22-36(30-15-8-7-11-24(30)2)41(39,40)29-18-16-27(33)17-19-29/h7-12,15-20,25,28H,4-6,13-14,21-22H2,1-3H3,(H,34,38)/t25-/m0/s1. The number of hydrogen-bond acceptors (Lipinski definition) is 4. The summed E-state index contributed by atoms with van der Waals surface area (Å²) in [6, 6.07) is 19.9. The van der Waals surface area contributed by atoms with E-state index in [0.717, 1.165) is 47.5 Å². The summed E-state index contributed by atoms with van der Waals surface area (Å²) in [4.78, 5) is 29.0. The number of benzene rings is 3. The molecule has 0 aromatic heterocycles. The number of nitrogens with zero attached hydrogens (tertiary/aromatic N) is 2. The Labute approximate surface area is 248 Å². The third kappa shape index (κ3) is 7.68. The molecule has 1 fully saturated rings. The molecule has 0 radical (unpaired) electrons. The van der Waals surface area contributed by atoms with Crippen molar-refractivity contribution in [1.29, 1.82) is 0 Å². The molecule has 0 saturated heterocycles. The van der Waals surface area contributed by atoms with Gasteiger partial charge in [0, 0.05) is 17.6 Å². The molecule has 0 bridgehead atoms. The quantitative estimate of drug-likeness (QED) is 0.311. The molecule has 1 atom stereocenters. The van der Waals surface area contributed by atoms with Crippen LogP contribution in [0.4, 0.5) is 5.69 Å². The topological polar surface area (TPSA) is 86.8 Å². The monoisotopic (exact) mass is 595 g/mol. The second-order valence-electron chi connectivity index (χ2n) is 10.8. The van der Waals surface area contributed by atoms with Gasteiger partial charge in [0.25, 0.3) is 10.0 Å². The van der Waals surface area contributed by atoms with Crippen LogP contribution in [0.5, 0.6) is 0 Å². The van der Waals surface area contributed by atoms with Gasteiger partial charge in [-0.2, -0.15) is 0 Å². The number of carbonyl (C=O) groups excluding carboxylic acids is 2. The average molecular weight is 596 g/mol. The molecule has 1 aliphatic carbocycles. The van der Waals surface area contributed by atoms with Gasteiger partial charge in [-0.05, 0) is 75.1 Å².